The summed E-state index contributed by atoms with van der Waals surface area (Å²) in [6, 6.07) is 12.2. The summed E-state index contributed by atoms with van der Waals surface area (Å²) in [5.74, 6) is 0.849. The van der Waals surface area contributed by atoms with E-state index in [0.29, 0.717) is 17.2 Å². The number of alkyl halides is 1. The van der Waals surface area contributed by atoms with Gasteiger partial charge in [-0.15, -0.1) is 11.6 Å². The Kier molecular flexibility index (Phi) is 4.61. The Morgan fingerprint density at radius 1 is 1.17 bits per heavy atom. The van der Waals surface area contributed by atoms with Crippen LogP contribution in [-0.4, -0.2) is 0 Å². The molecule has 0 heterocycles. The minimum Gasteiger partial charge on any atom is -0.489 e. The van der Waals surface area contributed by atoms with Crippen molar-refractivity contribution in [2.24, 2.45) is 0 Å². The van der Waals surface area contributed by atoms with Crippen LogP contribution in [0.25, 0.3) is 0 Å². The number of ether oxygens (including phenoxy) is 1. The molecular formula is C14H11BrClFO. The molecule has 0 aliphatic rings. The third-order valence-corrected chi connectivity index (χ3v) is 3.26. The zero-order valence-electron chi connectivity index (χ0n) is 9.50. The summed E-state index contributed by atoms with van der Waals surface area (Å²) in [6.45, 7) is 0.191. The van der Waals surface area contributed by atoms with Gasteiger partial charge in [-0.2, -0.15) is 0 Å². The Balaban J connectivity index is 2.08. The van der Waals surface area contributed by atoms with Gasteiger partial charge in [-0.1, -0.05) is 28.1 Å². The Labute approximate surface area is 119 Å². The Hall–Kier alpha value is -1.06. The average molecular weight is 330 g/mol. The third kappa shape index (κ3) is 3.47. The lowest BCUT2D eigenvalue weighted by Gasteiger charge is -2.08. The van der Waals surface area contributed by atoms with E-state index in [1.165, 1.54) is 6.07 Å². The molecule has 0 atom stereocenters. The third-order valence-electron chi connectivity index (χ3n) is 2.45. The standard InChI is InChI=1S/C14H11BrClFO/c15-12-4-5-14(17)11(7-12)9-18-13-3-1-2-10(6-13)8-16/h1-7H,8-9H2. The first kappa shape index (κ1) is 13.4. The number of benzene rings is 2. The fourth-order valence-corrected chi connectivity index (χ4v) is 2.11. The van der Waals surface area contributed by atoms with Gasteiger partial charge < -0.3 is 4.74 Å². The summed E-state index contributed by atoms with van der Waals surface area (Å²) in [5, 5.41) is 0. The summed E-state index contributed by atoms with van der Waals surface area (Å²) in [6.07, 6.45) is 0. The van der Waals surface area contributed by atoms with E-state index in [1.54, 1.807) is 12.1 Å². The predicted octanol–water partition coefficient (Wildman–Crippen LogP) is 4.91. The van der Waals surface area contributed by atoms with Crippen LogP contribution in [0, 0.1) is 5.82 Å². The van der Waals surface area contributed by atoms with Crippen molar-refractivity contribution < 1.29 is 9.13 Å². The number of rotatable bonds is 4. The molecule has 2 aromatic carbocycles. The zero-order chi connectivity index (χ0) is 13.0. The largest absolute Gasteiger partial charge is 0.489 e. The van der Waals surface area contributed by atoms with Crippen LogP contribution in [0.2, 0.25) is 0 Å². The normalized spacial score (nSPS) is 10.4. The molecule has 0 bridgehead atoms. The molecule has 0 aliphatic heterocycles. The van der Waals surface area contributed by atoms with Gasteiger partial charge in [0.05, 0.1) is 0 Å². The summed E-state index contributed by atoms with van der Waals surface area (Å²) >= 11 is 9.05. The number of hydrogen-bond donors (Lipinski definition) is 0. The van der Waals surface area contributed by atoms with Gasteiger partial charge in [0.15, 0.2) is 0 Å². The maximum atomic E-state index is 13.5. The minimum atomic E-state index is -0.272. The van der Waals surface area contributed by atoms with Crippen molar-refractivity contribution in [3.05, 3.63) is 63.9 Å². The van der Waals surface area contributed by atoms with E-state index in [1.807, 2.05) is 24.3 Å². The van der Waals surface area contributed by atoms with Gasteiger partial charge in [-0.05, 0) is 35.9 Å². The maximum Gasteiger partial charge on any atom is 0.129 e. The van der Waals surface area contributed by atoms with Gasteiger partial charge in [0, 0.05) is 15.9 Å². The molecule has 0 radical (unpaired) electrons. The van der Waals surface area contributed by atoms with Crippen molar-refractivity contribution in [1.82, 2.24) is 0 Å². The highest BCUT2D eigenvalue weighted by molar-refractivity contribution is 9.10. The topological polar surface area (TPSA) is 9.23 Å². The smallest absolute Gasteiger partial charge is 0.129 e. The molecule has 0 fully saturated rings. The Morgan fingerprint density at radius 2 is 2.00 bits per heavy atom. The van der Waals surface area contributed by atoms with Crippen molar-refractivity contribution in [1.29, 1.82) is 0 Å². The van der Waals surface area contributed by atoms with Gasteiger partial charge in [-0.3, -0.25) is 0 Å². The summed E-state index contributed by atoms with van der Waals surface area (Å²) in [7, 11) is 0. The second-order valence-corrected chi connectivity index (χ2v) is 4.99. The maximum absolute atomic E-state index is 13.5. The first-order chi connectivity index (χ1) is 8.69. The molecule has 1 nitrogen and oxygen atoms in total. The minimum absolute atomic E-state index is 0.191. The van der Waals surface area contributed by atoms with Crippen LogP contribution in [0.15, 0.2) is 46.9 Å². The van der Waals surface area contributed by atoms with Gasteiger partial charge in [0.25, 0.3) is 0 Å². The second-order valence-electron chi connectivity index (χ2n) is 3.81. The molecule has 0 aliphatic carbocycles. The fourth-order valence-electron chi connectivity index (χ4n) is 1.53. The molecule has 0 aromatic heterocycles. The van der Waals surface area contributed by atoms with Crippen LogP contribution in [0.1, 0.15) is 11.1 Å². The lowest BCUT2D eigenvalue weighted by molar-refractivity contribution is 0.299. The van der Waals surface area contributed by atoms with Crippen molar-refractivity contribution in [2.75, 3.05) is 0 Å². The molecule has 94 valence electrons. The van der Waals surface area contributed by atoms with Gasteiger partial charge in [-0.25, -0.2) is 4.39 Å². The molecule has 4 heteroatoms. The first-order valence-electron chi connectivity index (χ1n) is 5.40. The summed E-state index contributed by atoms with van der Waals surface area (Å²) in [4.78, 5) is 0. The zero-order valence-corrected chi connectivity index (χ0v) is 11.8. The summed E-state index contributed by atoms with van der Waals surface area (Å²) in [5.41, 5.74) is 1.49. The van der Waals surface area contributed by atoms with Crippen molar-refractivity contribution in [3.63, 3.8) is 0 Å². The van der Waals surface area contributed by atoms with Gasteiger partial charge in [0.2, 0.25) is 0 Å². The molecular weight excluding hydrogens is 319 g/mol. The van der Waals surface area contributed by atoms with Crippen LogP contribution >= 0.6 is 27.5 Å². The van der Waals surface area contributed by atoms with Crippen molar-refractivity contribution in [3.8, 4) is 5.75 Å². The molecule has 0 amide bonds. The predicted molar refractivity (Wildman–Crippen MR) is 74.4 cm³/mol. The molecule has 18 heavy (non-hydrogen) atoms. The van der Waals surface area contributed by atoms with Crippen LogP contribution in [0.3, 0.4) is 0 Å². The lowest BCUT2D eigenvalue weighted by atomic mass is 10.2. The monoisotopic (exact) mass is 328 g/mol. The highest BCUT2D eigenvalue weighted by atomic mass is 79.9. The summed E-state index contributed by atoms with van der Waals surface area (Å²) < 4.78 is 19.9. The van der Waals surface area contributed by atoms with Crippen molar-refractivity contribution >= 4 is 27.5 Å². The number of hydrogen-bond acceptors (Lipinski definition) is 1. The van der Waals surface area contributed by atoms with E-state index in [9.17, 15) is 4.39 Å². The van der Waals surface area contributed by atoms with Crippen LogP contribution < -0.4 is 4.74 Å². The Morgan fingerprint density at radius 3 is 2.78 bits per heavy atom. The van der Waals surface area contributed by atoms with E-state index < -0.39 is 0 Å². The molecule has 2 aromatic rings. The van der Waals surface area contributed by atoms with Crippen molar-refractivity contribution in [2.45, 2.75) is 12.5 Å². The highest BCUT2D eigenvalue weighted by Gasteiger charge is 2.04. The molecule has 0 saturated heterocycles. The molecule has 2 rings (SSSR count). The molecule has 0 N–H and O–H groups in total. The average Bonchev–Trinajstić information content (AvgIpc) is 2.40. The number of halogens is 3. The highest BCUT2D eigenvalue weighted by Crippen LogP contribution is 2.19. The Bertz CT molecular complexity index is 545. The SMILES string of the molecule is Fc1ccc(Br)cc1COc1cccc(CCl)c1. The van der Waals surface area contributed by atoms with Gasteiger partial charge in [0.1, 0.15) is 18.2 Å². The second kappa shape index (κ2) is 6.21. The lowest BCUT2D eigenvalue weighted by Crippen LogP contribution is -1.98. The molecule has 0 unspecified atom stereocenters. The van der Waals surface area contributed by atoms with Crippen LogP contribution in [0.5, 0.6) is 5.75 Å². The fraction of sp³-hybridized carbons (Fsp3) is 0.143. The van der Waals surface area contributed by atoms with Crippen LogP contribution in [0.4, 0.5) is 4.39 Å². The first-order valence-corrected chi connectivity index (χ1v) is 6.73. The quantitative estimate of drug-likeness (QED) is 0.725. The van der Waals surface area contributed by atoms with E-state index >= 15 is 0 Å². The van der Waals surface area contributed by atoms with Crippen LogP contribution in [-0.2, 0) is 12.5 Å². The van der Waals surface area contributed by atoms with E-state index in [0.717, 1.165) is 10.0 Å². The molecule has 0 saturated carbocycles. The van der Waals surface area contributed by atoms with E-state index in [2.05, 4.69) is 15.9 Å². The van der Waals surface area contributed by atoms with E-state index in [-0.39, 0.29) is 12.4 Å². The molecule has 0 spiro atoms. The van der Waals surface area contributed by atoms with E-state index in [4.69, 9.17) is 16.3 Å². The van der Waals surface area contributed by atoms with Gasteiger partial charge >= 0.3 is 0 Å².